The van der Waals surface area contributed by atoms with Crippen LogP contribution in [0.2, 0.25) is 0 Å². The number of carbonyl (C=O) groups excluding carboxylic acids is 2. The van der Waals surface area contributed by atoms with E-state index in [9.17, 15) is 9.59 Å². The van der Waals surface area contributed by atoms with Crippen LogP contribution in [-0.2, 0) is 14.3 Å². The first kappa shape index (κ1) is 16.3. The Balaban J connectivity index is 1.87. The number of esters is 2. The van der Waals surface area contributed by atoms with Crippen molar-refractivity contribution in [1.82, 2.24) is 5.32 Å². The number of piperidine rings is 1. The zero-order valence-electron chi connectivity index (χ0n) is 12.8. The number of benzene rings is 1. The molecule has 0 amide bonds. The molecule has 0 spiro atoms. The zero-order chi connectivity index (χ0) is 15.9. The van der Waals surface area contributed by atoms with E-state index in [0.717, 1.165) is 12.8 Å². The van der Waals surface area contributed by atoms with E-state index in [-0.39, 0.29) is 17.9 Å². The number of para-hydroxylation sites is 1. The van der Waals surface area contributed by atoms with Crippen LogP contribution in [0, 0.1) is 5.92 Å². The number of nitrogens with one attached hydrogen (secondary N) is 1. The third-order valence-corrected chi connectivity index (χ3v) is 3.78. The maximum atomic E-state index is 11.7. The predicted octanol–water partition coefficient (Wildman–Crippen LogP) is 1.39. The van der Waals surface area contributed by atoms with Crippen molar-refractivity contribution in [1.29, 1.82) is 0 Å². The Morgan fingerprint density at radius 1 is 1.18 bits per heavy atom. The summed E-state index contributed by atoms with van der Waals surface area (Å²) in [6.45, 7) is 1.02. The van der Waals surface area contributed by atoms with Crippen LogP contribution in [0.1, 0.15) is 23.2 Å². The lowest BCUT2D eigenvalue weighted by atomic mass is 9.95. The van der Waals surface area contributed by atoms with Crippen molar-refractivity contribution in [3.05, 3.63) is 29.8 Å². The second-order valence-electron chi connectivity index (χ2n) is 5.20. The van der Waals surface area contributed by atoms with E-state index in [2.05, 4.69) is 5.32 Å². The quantitative estimate of drug-likeness (QED) is 0.829. The summed E-state index contributed by atoms with van der Waals surface area (Å²) in [5.74, 6) is -0.185. The van der Waals surface area contributed by atoms with Crippen molar-refractivity contribution >= 4 is 11.9 Å². The Bertz CT molecular complexity index is 523. The van der Waals surface area contributed by atoms with Gasteiger partial charge in [-0.15, -0.1) is 0 Å². The molecule has 22 heavy (non-hydrogen) atoms. The van der Waals surface area contributed by atoms with Gasteiger partial charge in [-0.1, -0.05) is 12.1 Å². The van der Waals surface area contributed by atoms with Gasteiger partial charge in [0.2, 0.25) is 0 Å². The molecule has 1 N–H and O–H groups in total. The van der Waals surface area contributed by atoms with Crippen LogP contribution < -0.4 is 10.1 Å². The number of carbonyl (C=O) groups is 2. The predicted molar refractivity (Wildman–Crippen MR) is 79.8 cm³/mol. The van der Waals surface area contributed by atoms with Crippen molar-refractivity contribution in [2.24, 2.45) is 5.92 Å². The molecule has 1 aliphatic heterocycles. The van der Waals surface area contributed by atoms with Crippen molar-refractivity contribution in [3.63, 3.8) is 0 Å². The number of rotatable bonds is 5. The largest absolute Gasteiger partial charge is 0.491 e. The molecule has 2 unspecified atom stereocenters. The molecule has 6 nitrogen and oxygen atoms in total. The number of methoxy groups -OCH3 is 2. The van der Waals surface area contributed by atoms with Gasteiger partial charge >= 0.3 is 11.9 Å². The second-order valence-corrected chi connectivity index (χ2v) is 5.20. The molecule has 120 valence electrons. The molecule has 6 heteroatoms. The topological polar surface area (TPSA) is 73.9 Å². The molecular weight excluding hydrogens is 286 g/mol. The van der Waals surface area contributed by atoms with Crippen LogP contribution in [0.3, 0.4) is 0 Å². The van der Waals surface area contributed by atoms with E-state index in [4.69, 9.17) is 14.2 Å². The lowest BCUT2D eigenvalue weighted by Gasteiger charge is -2.28. The van der Waals surface area contributed by atoms with E-state index in [1.165, 1.54) is 14.2 Å². The highest BCUT2D eigenvalue weighted by Gasteiger charge is 2.27. The van der Waals surface area contributed by atoms with Crippen LogP contribution >= 0.6 is 0 Å². The third kappa shape index (κ3) is 3.98. The Labute approximate surface area is 129 Å². The molecule has 0 aromatic heterocycles. The molecule has 2 atom stereocenters. The molecule has 0 aliphatic carbocycles. The Morgan fingerprint density at radius 2 is 1.95 bits per heavy atom. The van der Waals surface area contributed by atoms with Gasteiger partial charge in [-0.25, -0.2) is 4.79 Å². The summed E-state index contributed by atoms with van der Waals surface area (Å²) in [5.41, 5.74) is 0.410. The Kier molecular flexibility index (Phi) is 5.77. The van der Waals surface area contributed by atoms with E-state index in [0.29, 0.717) is 24.5 Å². The first-order chi connectivity index (χ1) is 10.7. The van der Waals surface area contributed by atoms with Gasteiger partial charge in [0.15, 0.2) is 0 Å². The zero-order valence-corrected chi connectivity index (χ0v) is 12.8. The summed E-state index contributed by atoms with van der Waals surface area (Å²) in [7, 11) is 2.75. The van der Waals surface area contributed by atoms with Crippen molar-refractivity contribution in [3.8, 4) is 5.75 Å². The van der Waals surface area contributed by atoms with Gasteiger partial charge < -0.3 is 19.5 Å². The highest BCUT2D eigenvalue weighted by atomic mass is 16.5. The Hall–Kier alpha value is -2.08. The SMILES string of the molecule is COC(=O)c1ccccc1OCC1CCC(C(=O)OC)CN1. The number of hydrogen-bond donors (Lipinski definition) is 1. The molecule has 1 aromatic carbocycles. The standard InChI is InChI=1S/C16H21NO5/c1-20-15(18)11-7-8-12(17-9-11)10-22-14-6-4-3-5-13(14)16(19)21-2/h3-6,11-12,17H,7-10H2,1-2H3. The van der Waals surface area contributed by atoms with Crippen LogP contribution in [0.4, 0.5) is 0 Å². The highest BCUT2D eigenvalue weighted by molar-refractivity contribution is 5.92. The molecule has 1 aliphatic rings. The monoisotopic (exact) mass is 307 g/mol. The molecule has 0 radical (unpaired) electrons. The minimum atomic E-state index is -0.419. The maximum absolute atomic E-state index is 11.7. The van der Waals surface area contributed by atoms with Crippen LogP contribution in [-0.4, -0.2) is 45.4 Å². The lowest BCUT2D eigenvalue weighted by Crippen LogP contribution is -2.44. The van der Waals surface area contributed by atoms with Gasteiger partial charge in [0.1, 0.15) is 17.9 Å². The first-order valence-corrected chi connectivity index (χ1v) is 7.27. The number of ether oxygens (including phenoxy) is 3. The molecule has 0 saturated carbocycles. The fraction of sp³-hybridized carbons (Fsp3) is 0.500. The summed E-state index contributed by atoms with van der Waals surface area (Å²) >= 11 is 0. The lowest BCUT2D eigenvalue weighted by molar-refractivity contribution is -0.146. The molecule has 1 saturated heterocycles. The number of hydrogen-bond acceptors (Lipinski definition) is 6. The molecular formula is C16H21NO5. The van der Waals surface area contributed by atoms with E-state index in [1.54, 1.807) is 18.2 Å². The van der Waals surface area contributed by atoms with Crippen LogP contribution in [0.15, 0.2) is 24.3 Å². The molecule has 2 rings (SSSR count). The van der Waals surface area contributed by atoms with Gasteiger partial charge in [0, 0.05) is 12.6 Å². The minimum absolute atomic E-state index is 0.0939. The highest BCUT2D eigenvalue weighted by Crippen LogP contribution is 2.21. The maximum Gasteiger partial charge on any atom is 0.341 e. The normalized spacial score (nSPS) is 21.0. The van der Waals surface area contributed by atoms with Gasteiger partial charge in [-0.05, 0) is 25.0 Å². The first-order valence-electron chi connectivity index (χ1n) is 7.27. The van der Waals surface area contributed by atoms with Gasteiger partial charge in [-0.2, -0.15) is 0 Å². The summed E-state index contributed by atoms with van der Waals surface area (Å²) in [6.07, 6.45) is 1.59. The summed E-state index contributed by atoms with van der Waals surface area (Å²) in [6, 6.07) is 7.13. The Morgan fingerprint density at radius 3 is 2.59 bits per heavy atom. The minimum Gasteiger partial charge on any atom is -0.491 e. The van der Waals surface area contributed by atoms with E-state index >= 15 is 0 Å². The molecule has 0 bridgehead atoms. The van der Waals surface area contributed by atoms with Crippen LogP contribution in [0.5, 0.6) is 5.75 Å². The second kappa shape index (κ2) is 7.79. The van der Waals surface area contributed by atoms with Crippen molar-refractivity contribution < 1.29 is 23.8 Å². The summed E-state index contributed by atoms with van der Waals surface area (Å²) in [5, 5.41) is 3.28. The average Bonchev–Trinajstić information content (AvgIpc) is 2.59. The van der Waals surface area contributed by atoms with E-state index < -0.39 is 5.97 Å². The molecule has 1 heterocycles. The molecule has 1 fully saturated rings. The smallest absolute Gasteiger partial charge is 0.341 e. The average molecular weight is 307 g/mol. The fourth-order valence-electron chi connectivity index (χ4n) is 2.49. The van der Waals surface area contributed by atoms with Gasteiger partial charge in [0.05, 0.1) is 20.1 Å². The summed E-state index contributed by atoms with van der Waals surface area (Å²) < 4.78 is 15.2. The van der Waals surface area contributed by atoms with Crippen molar-refractivity contribution in [2.75, 3.05) is 27.4 Å². The third-order valence-electron chi connectivity index (χ3n) is 3.78. The van der Waals surface area contributed by atoms with Crippen molar-refractivity contribution in [2.45, 2.75) is 18.9 Å². The fourth-order valence-corrected chi connectivity index (χ4v) is 2.49. The van der Waals surface area contributed by atoms with Gasteiger partial charge in [0.25, 0.3) is 0 Å². The molecule has 1 aromatic rings. The van der Waals surface area contributed by atoms with E-state index in [1.807, 2.05) is 6.07 Å². The van der Waals surface area contributed by atoms with Crippen LogP contribution in [0.25, 0.3) is 0 Å². The summed E-state index contributed by atoms with van der Waals surface area (Å²) in [4.78, 5) is 23.1. The van der Waals surface area contributed by atoms with Gasteiger partial charge in [-0.3, -0.25) is 4.79 Å².